The SMILES string of the molecule is CC.N#Cc1ccc(N(Cc2cc(C(F)(F)F)cc(C(F)(F)F)c2)CC(F)(F)F)cc1C(F)(F)F. The van der Waals surface area contributed by atoms with Gasteiger partial charge in [0.15, 0.2) is 0 Å². The monoisotopic (exact) mass is 524 g/mol. The lowest BCUT2D eigenvalue weighted by atomic mass is 10.0. The van der Waals surface area contributed by atoms with Crippen molar-refractivity contribution in [2.45, 2.75) is 45.1 Å². The highest BCUT2D eigenvalue weighted by molar-refractivity contribution is 5.55. The van der Waals surface area contributed by atoms with E-state index in [2.05, 4.69) is 0 Å². The van der Waals surface area contributed by atoms with Crippen LogP contribution in [0, 0.1) is 11.3 Å². The summed E-state index contributed by atoms with van der Waals surface area (Å²) >= 11 is 0. The minimum atomic E-state index is -5.28. The van der Waals surface area contributed by atoms with Gasteiger partial charge in [-0.1, -0.05) is 13.8 Å². The third kappa shape index (κ3) is 8.56. The lowest BCUT2D eigenvalue weighted by Crippen LogP contribution is -2.34. The number of nitrogens with zero attached hydrogens (tertiary/aromatic N) is 2. The summed E-state index contributed by atoms with van der Waals surface area (Å²) < 4.78 is 157. The number of alkyl halides is 12. The zero-order valence-corrected chi connectivity index (χ0v) is 17.8. The summed E-state index contributed by atoms with van der Waals surface area (Å²) in [4.78, 5) is 0.131. The molecule has 2 nitrogen and oxygen atoms in total. The van der Waals surface area contributed by atoms with E-state index in [1.54, 1.807) is 0 Å². The first-order valence-corrected chi connectivity index (χ1v) is 9.52. The van der Waals surface area contributed by atoms with Crippen molar-refractivity contribution in [1.82, 2.24) is 0 Å². The molecule has 194 valence electrons. The van der Waals surface area contributed by atoms with Crippen LogP contribution >= 0.6 is 0 Å². The van der Waals surface area contributed by atoms with Gasteiger partial charge in [-0.25, -0.2) is 0 Å². The quantitative estimate of drug-likeness (QED) is 0.377. The number of benzene rings is 2. The summed E-state index contributed by atoms with van der Waals surface area (Å²) in [5.74, 6) is 0. The fraction of sp³-hybridized carbons (Fsp3) is 0.381. The van der Waals surface area contributed by atoms with Crippen LogP contribution in [0.15, 0.2) is 36.4 Å². The van der Waals surface area contributed by atoms with Crippen LogP contribution in [0.2, 0.25) is 0 Å². The summed E-state index contributed by atoms with van der Waals surface area (Å²) in [5.41, 5.74) is -7.83. The van der Waals surface area contributed by atoms with E-state index in [4.69, 9.17) is 5.26 Å². The minimum absolute atomic E-state index is 0.131. The fourth-order valence-corrected chi connectivity index (χ4v) is 2.85. The second kappa shape index (κ2) is 10.7. The molecular formula is C21H16F12N2. The first-order valence-electron chi connectivity index (χ1n) is 9.52. The molecule has 0 aliphatic rings. The third-order valence-corrected chi connectivity index (χ3v) is 4.19. The topological polar surface area (TPSA) is 27.0 Å². The molecule has 0 aromatic heterocycles. The highest BCUT2D eigenvalue weighted by Crippen LogP contribution is 2.38. The second-order valence-corrected chi connectivity index (χ2v) is 6.72. The largest absolute Gasteiger partial charge is 0.417 e. The highest BCUT2D eigenvalue weighted by Gasteiger charge is 2.38. The molecule has 0 saturated carbocycles. The molecule has 0 atom stereocenters. The second-order valence-electron chi connectivity index (χ2n) is 6.72. The maximum atomic E-state index is 13.2. The van der Waals surface area contributed by atoms with Crippen molar-refractivity contribution in [3.8, 4) is 6.07 Å². The van der Waals surface area contributed by atoms with E-state index in [9.17, 15) is 52.7 Å². The van der Waals surface area contributed by atoms with Crippen LogP contribution in [0.25, 0.3) is 0 Å². The van der Waals surface area contributed by atoms with Crippen molar-refractivity contribution in [3.05, 3.63) is 64.2 Å². The Morgan fingerprint density at radius 1 is 0.714 bits per heavy atom. The van der Waals surface area contributed by atoms with Gasteiger partial charge in [-0.05, 0) is 42.0 Å². The maximum absolute atomic E-state index is 13.2. The van der Waals surface area contributed by atoms with Gasteiger partial charge in [0.1, 0.15) is 6.54 Å². The Morgan fingerprint density at radius 2 is 1.20 bits per heavy atom. The standard InChI is InChI=1S/C19H10F12N2.C2H6/c20-16(21,22)9-33(14-2-1-11(7-32)15(6-14)19(29,30)31)8-10-3-12(17(23,24)25)5-13(4-10)18(26,27)28;1-2/h1-6H,8-9H2;1-2H3. The highest BCUT2D eigenvalue weighted by atomic mass is 19.4. The van der Waals surface area contributed by atoms with E-state index in [-0.39, 0.29) is 29.2 Å². The average Bonchev–Trinajstić information content (AvgIpc) is 2.71. The number of hydrogen-bond donors (Lipinski definition) is 0. The molecule has 2 aromatic carbocycles. The molecule has 0 saturated heterocycles. The van der Waals surface area contributed by atoms with Crippen molar-refractivity contribution in [2.24, 2.45) is 0 Å². The minimum Gasteiger partial charge on any atom is -0.358 e. The van der Waals surface area contributed by atoms with E-state index in [1.807, 2.05) is 13.8 Å². The zero-order chi connectivity index (χ0) is 27.4. The number of halogens is 12. The molecule has 0 aliphatic carbocycles. The molecule has 0 heterocycles. The Bertz CT molecular complexity index is 1010. The first kappa shape index (κ1) is 29.9. The van der Waals surface area contributed by atoms with Gasteiger partial charge < -0.3 is 4.90 Å². The van der Waals surface area contributed by atoms with E-state index in [1.165, 1.54) is 6.07 Å². The van der Waals surface area contributed by atoms with E-state index < -0.39 is 71.3 Å². The predicted molar refractivity (Wildman–Crippen MR) is 101 cm³/mol. The van der Waals surface area contributed by atoms with Crippen molar-refractivity contribution >= 4 is 5.69 Å². The van der Waals surface area contributed by atoms with Gasteiger partial charge >= 0.3 is 24.7 Å². The van der Waals surface area contributed by atoms with Crippen molar-refractivity contribution < 1.29 is 52.7 Å². The van der Waals surface area contributed by atoms with Crippen LogP contribution in [0.1, 0.15) is 41.7 Å². The molecule has 0 N–H and O–H groups in total. The molecule has 0 unspecified atom stereocenters. The summed E-state index contributed by atoms with van der Waals surface area (Å²) in [7, 11) is 0. The van der Waals surface area contributed by atoms with Gasteiger partial charge in [-0.15, -0.1) is 0 Å². The van der Waals surface area contributed by atoms with Crippen LogP contribution < -0.4 is 4.90 Å². The van der Waals surface area contributed by atoms with E-state index >= 15 is 0 Å². The van der Waals surface area contributed by atoms with Gasteiger partial charge in [0.2, 0.25) is 0 Å². The van der Waals surface area contributed by atoms with Crippen molar-refractivity contribution in [1.29, 1.82) is 5.26 Å². The Morgan fingerprint density at radius 3 is 1.57 bits per heavy atom. The average molecular weight is 524 g/mol. The maximum Gasteiger partial charge on any atom is 0.417 e. The Hall–Kier alpha value is -3.11. The lowest BCUT2D eigenvalue weighted by molar-refractivity contribution is -0.143. The van der Waals surface area contributed by atoms with Crippen molar-refractivity contribution in [2.75, 3.05) is 11.4 Å². The van der Waals surface area contributed by atoms with Gasteiger partial charge in [-0.3, -0.25) is 0 Å². The number of hydrogen-bond acceptors (Lipinski definition) is 2. The van der Waals surface area contributed by atoms with Gasteiger partial charge in [0, 0.05) is 12.2 Å². The Labute approximate surface area is 191 Å². The summed E-state index contributed by atoms with van der Waals surface area (Å²) in [6, 6.07) is 2.71. The molecule has 2 aromatic rings. The van der Waals surface area contributed by atoms with Crippen LogP contribution in [0.4, 0.5) is 58.4 Å². The Kier molecular flexibility index (Phi) is 9.11. The Balaban J connectivity index is 0.00000298. The molecule has 2 rings (SSSR count). The van der Waals surface area contributed by atoms with Crippen LogP contribution in [0.3, 0.4) is 0 Å². The van der Waals surface area contributed by atoms with E-state index in [0.29, 0.717) is 12.1 Å². The molecule has 0 aliphatic heterocycles. The molecule has 35 heavy (non-hydrogen) atoms. The third-order valence-electron chi connectivity index (χ3n) is 4.19. The number of rotatable bonds is 4. The molecule has 0 fully saturated rings. The molecule has 0 bridgehead atoms. The van der Waals surface area contributed by atoms with Crippen LogP contribution in [-0.2, 0) is 25.1 Å². The van der Waals surface area contributed by atoms with Gasteiger partial charge in [-0.2, -0.15) is 57.9 Å². The normalized spacial score (nSPS) is 12.5. The van der Waals surface area contributed by atoms with Crippen LogP contribution in [0.5, 0.6) is 0 Å². The number of anilines is 1. The van der Waals surface area contributed by atoms with E-state index in [0.717, 1.165) is 0 Å². The summed E-state index contributed by atoms with van der Waals surface area (Å²) in [5, 5.41) is 8.79. The summed E-state index contributed by atoms with van der Waals surface area (Å²) in [6.45, 7) is 0.767. The predicted octanol–water partition coefficient (Wildman–Crippen LogP) is 8.21. The number of nitriles is 1. The molecule has 14 heteroatoms. The first-order chi connectivity index (χ1) is 15.8. The zero-order valence-electron chi connectivity index (χ0n) is 17.8. The van der Waals surface area contributed by atoms with Gasteiger partial charge in [0.25, 0.3) is 0 Å². The fourth-order valence-electron chi connectivity index (χ4n) is 2.85. The van der Waals surface area contributed by atoms with Crippen molar-refractivity contribution in [3.63, 3.8) is 0 Å². The van der Waals surface area contributed by atoms with Gasteiger partial charge in [0.05, 0.1) is 28.3 Å². The smallest absolute Gasteiger partial charge is 0.358 e. The molecule has 0 spiro atoms. The molecule has 0 radical (unpaired) electrons. The lowest BCUT2D eigenvalue weighted by Gasteiger charge is -2.27. The van der Waals surface area contributed by atoms with Crippen LogP contribution in [-0.4, -0.2) is 12.7 Å². The molecular weight excluding hydrogens is 508 g/mol. The summed E-state index contributed by atoms with van der Waals surface area (Å²) in [6.07, 6.45) is -20.8. The molecule has 0 amide bonds.